The van der Waals surface area contributed by atoms with Gasteiger partial charge >= 0.3 is 0 Å². The minimum atomic E-state index is -0.547. The number of halogens is 1. The molecule has 2 rings (SSSR count). The molecule has 4 heteroatoms. The minimum absolute atomic E-state index is 0.0336. The average molecular weight is 235 g/mol. The van der Waals surface area contributed by atoms with Gasteiger partial charge in [0, 0.05) is 12.7 Å². The fourth-order valence-corrected chi connectivity index (χ4v) is 1.80. The molecule has 17 heavy (non-hydrogen) atoms. The van der Waals surface area contributed by atoms with Crippen molar-refractivity contribution >= 4 is 0 Å². The molecule has 1 fully saturated rings. The lowest BCUT2D eigenvalue weighted by molar-refractivity contribution is -0.0111. The fourth-order valence-electron chi connectivity index (χ4n) is 1.80. The summed E-state index contributed by atoms with van der Waals surface area (Å²) in [6.45, 7) is 1.21. The number of nitriles is 1. The molecule has 0 aromatic heterocycles. The average Bonchev–Trinajstić information content (AvgIpc) is 2.38. The van der Waals surface area contributed by atoms with Crippen molar-refractivity contribution in [1.82, 2.24) is 0 Å². The van der Waals surface area contributed by atoms with Crippen LogP contribution in [0.25, 0.3) is 0 Å². The van der Waals surface area contributed by atoms with Gasteiger partial charge in [-0.25, -0.2) is 4.39 Å². The lowest BCUT2D eigenvalue weighted by Gasteiger charge is -2.22. The predicted molar refractivity (Wildman–Crippen MR) is 60.2 cm³/mol. The van der Waals surface area contributed by atoms with E-state index in [0.29, 0.717) is 12.4 Å². The van der Waals surface area contributed by atoms with Gasteiger partial charge in [-0.1, -0.05) is 0 Å². The van der Waals surface area contributed by atoms with Crippen molar-refractivity contribution in [2.45, 2.75) is 25.4 Å². The molecule has 0 radical (unpaired) electrons. The molecule has 0 spiro atoms. The van der Waals surface area contributed by atoms with Gasteiger partial charge in [-0.3, -0.25) is 0 Å². The monoisotopic (exact) mass is 235 g/mol. The zero-order valence-corrected chi connectivity index (χ0v) is 9.49. The molecule has 3 nitrogen and oxygen atoms in total. The summed E-state index contributed by atoms with van der Waals surface area (Å²) >= 11 is 0. The Kier molecular flexibility index (Phi) is 3.94. The number of ether oxygens (including phenoxy) is 2. The smallest absolute Gasteiger partial charge is 0.144 e. The van der Waals surface area contributed by atoms with Crippen LogP contribution in [-0.4, -0.2) is 19.3 Å². The Hall–Kier alpha value is -1.60. The van der Waals surface area contributed by atoms with E-state index in [4.69, 9.17) is 14.7 Å². The van der Waals surface area contributed by atoms with E-state index in [2.05, 4.69) is 0 Å². The van der Waals surface area contributed by atoms with E-state index in [-0.39, 0.29) is 11.7 Å². The third kappa shape index (κ3) is 3.18. The molecule has 90 valence electrons. The van der Waals surface area contributed by atoms with Gasteiger partial charge in [0.25, 0.3) is 0 Å². The molecule has 1 saturated heterocycles. The van der Waals surface area contributed by atoms with Gasteiger partial charge in [0.2, 0.25) is 0 Å². The Bertz CT molecular complexity index is 422. The molecule has 1 unspecified atom stereocenters. The van der Waals surface area contributed by atoms with Gasteiger partial charge in [-0.2, -0.15) is 5.26 Å². The van der Waals surface area contributed by atoms with Crippen molar-refractivity contribution < 1.29 is 13.9 Å². The van der Waals surface area contributed by atoms with E-state index in [1.54, 1.807) is 12.1 Å². The van der Waals surface area contributed by atoms with Crippen LogP contribution in [0.3, 0.4) is 0 Å². The van der Waals surface area contributed by atoms with Crippen LogP contribution in [0, 0.1) is 17.1 Å². The number of hydrogen-bond donors (Lipinski definition) is 0. The topological polar surface area (TPSA) is 42.2 Å². The summed E-state index contributed by atoms with van der Waals surface area (Å²) in [6.07, 6.45) is 3.33. The lowest BCUT2D eigenvalue weighted by atomic mass is 10.1. The van der Waals surface area contributed by atoms with Crippen LogP contribution in [0.4, 0.5) is 4.39 Å². The molecule has 0 N–H and O–H groups in total. The summed E-state index contributed by atoms with van der Waals surface area (Å²) in [5.74, 6) is -0.106. The summed E-state index contributed by atoms with van der Waals surface area (Å²) in [5.41, 5.74) is 0.0336. The fraction of sp³-hybridized carbons (Fsp3) is 0.462. The van der Waals surface area contributed by atoms with E-state index in [1.165, 1.54) is 12.1 Å². The standard InChI is InChI=1S/C13H14FNO2/c14-13-7-11(5-4-10(13)8-15)17-9-12-3-1-2-6-16-12/h4-5,7,12H,1-3,6,9H2. The molecule has 1 aromatic rings. The maximum Gasteiger partial charge on any atom is 0.144 e. The first-order valence-corrected chi connectivity index (χ1v) is 5.73. The van der Waals surface area contributed by atoms with Gasteiger partial charge in [0.1, 0.15) is 24.2 Å². The molecule has 0 saturated carbocycles. The normalized spacial score (nSPS) is 19.6. The minimum Gasteiger partial charge on any atom is -0.491 e. The van der Waals surface area contributed by atoms with Crippen LogP contribution in [0.1, 0.15) is 24.8 Å². The first-order chi connectivity index (χ1) is 8.29. The molecule has 1 aliphatic heterocycles. The van der Waals surface area contributed by atoms with Crippen LogP contribution < -0.4 is 4.74 Å². The molecule has 1 aromatic carbocycles. The van der Waals surface area contributed by atoms with E-state index >= 15 is 0 Å². The lowest BCUT2D eigenvalue weighted by Crippen LogP contribution is -2.25. The second-order valence-corrected chi connectivity index (χ2v) is 4.05. The summed E-state index contributed by atoms with van der Waals surface area (Å²) in [6, 6.07) is 6.03. The Morgan fingerprint density at radius 1 is 1.47 bits per heavy atom. The Morgan fingerprint density at radius 2 is 2.35 bits per heavy atom. The van der Waals surface area contributed by atoms with E-state index in [9.17, 15) is 4.39 Å². The molecule has 0 aliphatic carbocycles. The predicted octanol–water partition coefficient (Wildman–Crippen LogP) is 2.65. The van der Waals surface area contributed by atoms with E-state index in [1.807, 2.05) is 0 Å². The number of benzene rings is 1. The highest BCUT2D eigenvalue weighted by molar-refractivity contribution is 5.36. The summed E-state index contributed by atoms with van der Waals surface area (Å²) < 4.78 is 24.2. The van der Waals surface area contributed by atoms with Crippen molar-refractivity contribution in [3.05, 3.63) is 29.6 Å². The van der Waals surface area contributed by atoms with Crippen molar-refractivity contribution in [3.63, 3.8) is 0 Å². The Morgan fingerprint density at radius 3 is 3.00 bits per heavy atom. The van der Waals surface area contributed by atoms with Crippen molar-refractivity contribution in [1.29, 1.82) is 5.26 Å². The first kappa shape index (κ1) is 11.9. The van der Waals surface area contributed by atoms with Crippen LogP contribution >= 0.6 is 0 Å². The highest BCUT2D eigenvalue weighted by atomic mass is 19.1. The molecular weight excluding hydrogens is 221 g/mol. The Balaban J connectivity index is 1.90. The van der Waals surface area contributed by atoms with E-state index < -0.39 is 5.82 Å². The van der Waals surface area contributed by atoms with Crippen LogP contribution in [0.15, 0.2) is 18.2 Å². The largest absolute Gasteiger partial charge is 0.491 e. The maximum absolute atomic E-state index is 13.3. The summed E-state index contributed by atoms with van der Waals surface area (Å²) in [4.78, 5) is 0. The van der Waals surface area contributed by atoms with Crippen LogP contribution in [0.2, 0.25) is 0 Å². The van der Waals surface area contributed by atoms with Gasteiger partial charge < -0.3 is 9.47 Å². The zero-order chi connectivity index (χ0) is 12.1. The molecule has 1 heterocycles. The maximum atomic E-state index is 13.3. The van der Waals surface area contributed by atoms with E-state index in [0.717, 1.165) is 25.9 Å². The number of nitrogens with zero attached hydrogens (tertiary/aromatic N) is 1. The SMILES string of the molecule is N#Cc1ccc(OCC2CCCCO2)cc1F. The van der Waals surface area contributed by atoms with Crippen LogP contribution in [-0.2, 0) is 4.74 Å². The number of hydrogen-bond acceptors (Lipinski definition) is 3. The van der Waals surface area contributed by atoms with Crippen molar-refractivity contribution in [3.8, 4) is 11.8 Å². The third-order valence-electron chi connectivity index (χ3n) is 2.77. The first-order valence-electron chi connectivity index (χ1n) is 5.73. The quantitative estimate of drug-likeness (QED) is 0.808. The second-order valence-electron chi connectivity index (χ2n) is 4.05. The summed E-state index contributed by atoms with van der Waals surface area (Å²) in [5, 5.41) is 8.59. The molecule has 0 amide bonds. The van der Waals surface area contributed by atoms with Crippen LogP contribution in [0.5, 0.6) is 5.75 Å². The van der Waals surface area contributed by atoms with Crippen molar-refractivity contribution in [2.75, 3.05) is 13.2 Å². The highest BCUT2D eigenvalue weighted by Gasteiger charge is 2.14. The molecule has 1 atom stereocenters. The van der Waals surface area contributed by atoms with Gasteiger partial charge in [-0.05, 0) is 31.4 Å². The van der Waals surface area contributed by atoms with Gasteiger partial charge in [0.05, 0.1) is 11.7 Å². The number of rotatable bonds is 3. The highest BCUT2D eigenvalue weighted by Crippen LogP contribution is 2.18. The molecule has 0 bridgehead atoms. The zero-order valence-electron chi connectivity index (χ0n) is 9.49. The van der Waals surface area contributed by atoms with Crippen molar-refractivity contribution in [2.24, 2.45) is 0 Å². The molecular formula is C13H14FNO2. The second kappa shape index (κ2) is 5.65. The van der Waals surface area contributed by atoms with Gasteiger partial charge in [0.15, 0.2) is 0 Å². The third-order valence-corrected chi connectivity index (χ3v) is 2.77. The summed E-state index contributed by atoms with van der Waals surface area (Å²) in [7, 11) is 0. The molecule has 1 aliphatic rings. The Labute approximate surface area is 99.8 Å². The van der Waals surface area contributed by atoms with Gasteiger partial charge in [-0.15, -0.1) is 0 Å².